The van der Waals surface area contributed by atoms with Gasteiger partial charge in [-0.15, -0.1) is 0 Å². The molecule has 0 saturated carbocycles. The number of carbonyl (C=O) groups is 1. The minimum atomic E-state index is -0.396. The van der Waals surface area contributed by atoms with Gasteiger partial charge in [0.25, 0.3) is 5.91 Å². The fourth-order valence-corrected chi connectivity index (χ4v) is 2.55. The van der Waals surface area contributed by atoms with E-state index in [2.05, 4.69) is 10.4 Å². The smallest absolute Gasteiger partial charge is 0.263 e. The number of hydrogen-bond acceptors (Lipinski definition) is 3. The van der Waals surface area contributed by atoms with Gasteiger partial charge in [0.15, 0.2) is 12.4 Å². The molecule has 1 heterocycles. The Labute approximate surface area is 159 Å². The Morgan fingerprint density at radius 1 is 1.15 bits per heavy atom. The van der Waals surface area contributed by atoms with Gasteiger partial charge in [-0.2, -0.15) is 5.10 Å². The van der Waals surface area contributed by atoms with Crippen LogP contribution in [0.15, 0.2) is 54.7 Å². The zero-order chi connectivity index (χ0) is 18.5. The molecule has 1 N–H and O–H groups in total. The molecule has 0 aliphatic carbocycles. The van der Waals surface area contributed by atoms with Crippen LogP contribution in [0.5, 0.6) is 5.75 Å². The summed E-state index contributed by atoms with van der Waals surface area (Å²) in [5.41, 5.74) is 0.722. The highest BCUT2D eigenvalue weighted by Crippen LogP contribution is 2.19. The Kier molecular flexibility index (Phi) is 5.75. The number of aromatic nitrogens is 2. The van der Waals surface area contributed by atoms with Crippen LogP contribution >= 0.6 is 23.2 Å². The van der Waals surface area contributed by atoms with E-state index in [-0.39, 0.29) is 12.5 Å². The van der Waals surface area contributed by atoms with Crippen molar-refractivity contribution < 1.29 is 13.9 Å². The topological polar surface area (TPSA) is 56.1 Å². The number of ether oxygens (including phenoxy) is 1. The number of rotatable bonds is 6. The van der Waals surface area contributed by atoms with Crippen LogP contribution in [0.4, 0.5) is 10.2 Å². The predicted octanol–water partition coefficient (Wildman–Crippen LogP) is 4.39. The van der Waals surface area contributed by atoms with E-state index in [9.17, 15) is 9.18 Å². The summed E-state index contributed by atoms with van der Waals surface area (Å²) >= 11 is 11.8. The zero-order valence-electron chi connectivity index (χ0n) is 13.5. The van der Waals surface area contributed by atoms with Crippen molar-refractivity contribution in [3.05, 3.63) is 76.2 Å². The van der Waals surface area contributed by atoms with Crippen LogP contribution in [0.3, 0.4) is 0 Å². The van der Waals surface area contributed by atoms with Crippen LogP contribution in [0.1, 0.15) is 5.56 Å². The number of halogens is 3. The third kappa shape index (κ3) is 4.97. The lowest BCUT2D eigenvalue weighted by Crippen LogP contribution is -2.20. The van der Waals surface area contributed by atoms with E-state index in [1.54, 1.807) is 47.3 Å². The average Bonchev–Trinajstić information content (AvgIpc) is 3.04. The van der Waals surface area contributed by atoms with Gasteiger partial charge in [-0.3, -0.25) is 9.48 Å². The summed E-state index contributed by atoms with van der Waals surface area (Å²) in [6.45, 7) is 0.203. The van der Waals surface area contributed by atoms with Gasteiger partial charge in [0, 0.05) is 22.3 Å². The largest absolute Gasteiger partial charge is 0.484 e. The normalized spacial score (nSPS) is 10.6. The molecule has 1 amide bonds. The monoisotopic (exact) mass is 393 g/mol. The fourth-order valence-electron chi connectivity index (χ4n) is 2.20. The van der Waals surface area contributed by atoms with Crippen molar-refractivity contribution in [2.24, 2.45) is 0 Å². The van der Waals surface area contributed by atoms with Gasteiger partial charge in [-0.1, -0.05) is 29.3 Å². The standard InChI is InChI=1S/C18H14Cl2FN3O2/c19-13-2-5-15(6-3-13)26-11-18(25)22-17-7-8-24(23-17)10-12-1-4-14(21)9-16(12)20/h1-9H,10-11H2,(H,22,23,25). The molecule has 5 nitrogen and oxygen atoms in total. The van der Waals surface area contributed by atoms with Crippen LogP contribution in [0, 0.1) is 5.82 Å². The highest BCUT2D eigenvalue weighted by molar-refractivity contribution is 6.31. The van der Waals surface area contributed by atoms with Crippen LogP contribution in [0.25, 0.3) is 0 Å². The lowest BCUT2D eigenvalue weighted by atomic mass is 10.2. The first-order chi connectivity index (χ1) is 12.5. The van der Waals surface area contributed by atoms with Gasteiger partial charge in [-0.05, 0) is 42.0 Å². The number of anilines is 1. The summed E-state index contributed by atoms with van der Waals surface area (Å²) in [4.78, 5) is 11.9. The molecule has 0 aliphatic heterocycles. The van der Waals surface area contributed by atoms with Crippen molar-refractivity contribution in [1.29, 1.82) is 0 Å². The van der Waals surface area contributed by atoms with E-state index < -0.39 is 5.82 Å². The first kappa shape index (κ1) is 18.2. The molecule has 2 aromatic carbocycles. The van der Waals surface area contributed by atoms with Gasteiger partial charge in [0.2, 0.25) is 0 Å². The van der Waals surface area contributed by atoms with Crippen molar-refractivity contribution in [3.63, 3.8) is 0 Å². The molecule has 0 radical (unpaired) electrons. The minimum absolute atomic E-state index is 0.154. The van der Waals surface area contributed by atoms with Crippen molar-refractivity contribution >= 4 is 34.9 Å². The van der Waals surface area contributed by atoms with Crippen molar-refractivity contribution in [2.75, 3.05) is 11.9 Å². The predicted molar refractivity (Wildman–Crippen MR) is 98.3 cm³/mol. The molecule has 0 fully saturated rings. The molecule has 3 aromatic rings. The van der Waals surface area contributed by atoms with Gasteiger partial charge in [-0.25, -0.2) is 4.39 Å². The molecule has 0 spiro atoms. The molecule has 0 saturated heterocycles. The number of hydrogen-bond donors (Lipinski definition) is 1. The third-order valence-electron chi connectivity index (χ3n) is 3.44. The van der Waals surface area contributed by atoms with Gasteiger partial charge in [0.1, 0.15) is 11.6 Å². The average molecular weight is 394 g/mol. The Morgan fingerprint density at radius 2 is 1.92 bits per heavy atom. The first-order valence-corrected chi connectivity index (χ1v) is 8.41. The second-order valence-corrected chi connectivity index (χ2v) is 6.27. The highest BCUT2D eigenvalue weighted by Gasteiger charge is 2.08. The molecule has 0 atom stereocenters. The zero-order valence-corrected chi connectivity index (χ0v) is 15.0. The maximum absolute atomic E-state index is 13.1. The van der Waals surface area contributed by atoms with Crippen LogP contribution < -0.4 is 10.1 Å². The third-order valence-corrected chi connectivity index (χ3v) is 4.04. The molecule has 134 valence electrons. The molecule has 0 aliphatic rings. The number of nitrogens with one attached hydrogen (secondary N) is 1. The van der Waals surface area contributed by atoms with Crippen molar-refractivity contribution in [1.82, 2.24) is 9.78 Å². The molecular weight excluding hydrogens is 380 g/mol. The second-order valence-electron chi connectivity index (χ2n) is 5.43. The van der Waals surface area contributed by atoms with E-state index in [1.807, 2.05) is 0 Å². The van der Waals surface area contributed by atoms with E-state index >= 15 is 0 Å². The lowest BCUT2D eigenvalue weighted by Gasteiger charge is -2.06. The molecule has 8 heteroatoms. The number of nitrogens with zero attached hydrogens (tertiary/aromatic N) is 2. The maximum atomic E-state index is 13.1. The first-order valence-electron chi connectivity index (χ1n) is 7.65. The van der Waals surface area contributed by atoms with Crippen LogP contribution in [-0.2, 0) is 11.3 Å². The summed E-state index contributed by atoms with van der Waals surface area (Å²) in [5, 5.41) is 7.79. The minimum Gasteiger partial charge on any atom is -0.484 e. The number of carbonyl (C=O) groups excluding carboxylic acids is 1. The Balaban J connectivity index is 1.54. The highest BCUT2D eigenvalue weighted by atomic mass is 35.5. The van der Waals surface area contributed by atoms with Crippen molar-refractivity contribution in [3.8, 4) is 5.75 Å². The molecular formula is C18H14Cl2FN3O2. The summed E-state index contributed by atoms with van der Waals surface area (Å²) in [7, 11) is 0. The summed E-state index contributed by atoms with van der Waals surface area (Å²) in [6, 6.07) is 12.5. The molecule has 1 aromatic heterocycles. The Morgan fingerprint density at radius 3 is 2.65 bits per heavy atom. The van der Waals surface area contributed by atoms with E-state index in [0.29, 0.717) is 28.2 Å². The molecule has 0 bridgehead atoms. The number of amides is 1. The van der Waals surface area contributed by atoms with Crippen molar-refractivity contribution in [2.45, 2.75) is 6.54 Å². The van der Waals surface area contributed by atoms with Crippen LogP contribution in [0.2, 0.25) is 10.0 Å². The molecule has 0 unspecified atom stereocenters. The Hall–Kier alpha value is -2.57. The fraction of sp³-hybridized carbons (Fsp3) is 0.111. The van der Waals surface area contributed by atoms with E-state index in [4.69, 9.17) is 27.9 Å². The van der Waals surface area contributed by atoms with E-state index in [1.165, 1.54) is 12.1 Å². The SMILES string of the molecule is O=C(COc1ccc(Cl)cc1)Nc1ccn(Cc2ccc(F)cc2Cl)n1. The van der Waals surface area contributed by atoms with Gasteiger partial charge < -0.3 is 10.1 Å². The molecule has 3 rings (SSSR count). The quantitative estimate of drug-likeness (QED) is 0.675. The van der Waals surface area contributed by atoms with E-state index in [0.717, 1.165) is 5.56 Å². The molecule has 26 heavy (non-hydrogen) atoms. The summed E-state index contributed by atoms with van der Waals surface area (Å²) in [5.74, 6) is 0.187. The van der Waals surface area contributed by atoms with Crippen LogP contribution in [-0.4, -0.2) is 22.3 Å². The van der Waals surface area contributed by atoms with Gasteiger partial charge >= 0.3 is 0 Å². The Bertz CT molecular complexity index is 913. The summed E-state index contributed by atoms with van der Waals surface area (Å²) in [6.07, 6.45) is 1.69. The maximum Gasteiger partial charge on any atom is 0.263 e. The second kappa shape index (κ2) is 8.21. The summed E-state index contributed by atoms with van der Waals surface area (Å²) < 4.78 is 20.0. The number of benzene rings is 2. The van der Waals surface area contributed by atoms with Gasteiger partial charge in [0.05, 0.1) is 6.54 Å². The lowest BCUT2D eigenvalue weighted by molar-refractivity contribution is -0.118.